The summed E-state index contributed by atoms with van der Waals surface area (Å²) < 4.78 is 5.91. The number of nitrogens with zero attached hydrogens (tertiary/aromatic N) is 1. The van der Waals surface area contributed by atoms with Crippen LogP contribution in [-0.4, -0.2) is 41.2 Å². The fourth-order valence-corrected chi connectivity index (χ4v) is 5.10. The van der Waals surface area contributed by atoms with E-state index >= 15 is 0 Å². The predicted octanol–water partition coefficient (Wildman–Crippen LogP) is 3.57. The first-order chi connectivity index (χ1) is 12.1. The van der Waals surface area contributed by atoms with E-state index in [9.17, 15) is 9.90 Å². The molecule has 1 aromatic heterocycles. The molecular weight excluding hydrogens is 370 g/mol. The molecule has 140 valence electrons. The molecule has 1 N–H and O–H groups in total. The maximum absolute atomic E-state index is 13.1. The van der Waals surface area contributed by atoms with Crippen molar-refractivity contribution in [3.63, 3.8) is 0 Å². The van der Waals surface area contributed by atoms with Gasteiger partial charge in [0, 0.05) is 17.6 Å². The number of rotatable bonds is 4. The summed E-state index contributed by atoms with van der Waals surface area (Å²) in [5.41, 5.74) is -1.19. The number of benzene rings is 1. The fraction of sp³-hybridized carbons (Fsp3) is 0.450. The van der Waals surface area contributed by atoms with Crippen molar-refractivity contribution in [1.82, 2.24) is 4.90 Å². The third-order valence-corrected chi connectivity index (χ3v) is 6.71. The summed E-state index contributed by atoms with van der Waals surface area (Å²) in [6.07, 6.45) is 4.01. The Balaban J connectivity index is 0.00000196. The van der Waals surface area contributed by atoms with Crippen molar-refractivity contribution in [1.29, 1.82) is 0 Å². The third kappa shape index (κ3) is 3.18. The minimum atomic E-state index is -1.75. The Labute approximate surface area is 164 Å². The van der Waals surface area contributed by atoms with Crippen LogP contribution in [0.3, 0.4) is 0 Å². The van der Waals surface area contributed by atoms with Crippen molar-refractivity contribution in [2.24, 2.45) is 0 Å². The molecule has 0 radical (unpaired) electrons. The molecule has 2 saturated heterocycles. The average Bonchev–Trinajstić information content (AvgIpc) is 3.24. The predicted molar refractivity (Wildman–Crippen MR) is 105 cm³/mol. The van der Waals surface area contributed by atoms with Crippen molar-refractivity contribution in [2.75, 3.05) is 7.05 Å². The van der Waals surface area contributed by atoms with Crippen LogP contribution in [0.25, 0.3) is 0 Å². The zero-order valence-corrected chi connectivity index (χ0v) is 16.3. The normalized spacial score (nSPS) is 27.4. The molecule has 26 heavy (non-hydrogen) atoms. The van der Waals surface area contributed by atoms with Crippen LogP contribution in [-0.2, 0) is 15.1 Å². The number of likely N-dealkylation sites (N-methyl/N-ethyl adjacent to an activating group) is 1. The molecular formula is C20H24ClNO3S. The number of carbonyl (C=O) groups is 1. The monoisotopic (exact) mass is 393 g/mol. The molecule has 3 heterocycles. The second-order valence-corrected chi connectivity index (χ2v) is 7.99. The molecule has 2 fully saturated rings. The number of hydrogen-bond donors (Lipinski definition) is 1. The van der Waals surface area contributed by atoms with Gasteiger partial charge in [0.05, 0.1) is 4.88 Å². The van der Waals surface area contributed by atoms with Gasteiger partial charge in [0.15, 0.2) is 0 Å². The Bertz CT molecular complexity index is 739. The van der Waals surface area contributed by atoms with Crippen LogP contribution >= 0.6 is 23.7 Å². The zero-order chi connectivity index (χ0) is 17.4. The molecule has 2 aromatic rings. The number of carbonyl (C=O) groups excluding carboxylic acids is 1. The Morgan fingerprint density at radius 2 is 1.88 bits per heavy atom. The molecule has 4 nitrogen and oxygen atoms in total. The van der Waals surface area contributed by atoms with Crippen molar-refractivity contribution < 1.29 is 14.6 Å². The van der Waals surface area contributed by atoms with Gasteiger partial charge in [0.25, 0.3) is 0 Å². The van der Waals surface area contributed by atoms with E-state index in [1.54, 1.807) is 18.2 Å². The van der Waals surface area contributed by atoms with Gasteiger partial charge in [-0.1, -0.05) is 36.4 Å². The molecule has 4 atom stereocenters. The zero-order valence-electron chi connectivity index (χ0n) is 14.7. The first-order valence-electron chi connectivity index (χ1n) is 8.85. The molecule has 0 aliphatic carbocycles. The standard InChI is InChI=1S/C20H23NO3S.ClH/c1-21-15-9-11-16(21)17(12-10-15)24-19(22)20(23,18-8-5-13-25-18)14-6-3-2-4-7-14;/h2-8,13,15-17,23H,9-12H2,1H3;1H. The smallest absolute Gasteiger partial charge is 0.348 e. The summed E-state index contributed by atoms with van der Waals surface area (Å²) in [6.45, 7) is 0. The maximum Gasteiger partial charge on any atom is 0.348 e. The molecule has 2 bridgehead atoms. The van der Waals surface area contributed by atoms with Crippen LogP contribution in [0.5, 0.6) is 0 Å². The highest BCUT2D eigenvalue weighted by molar-refractivity contribution is 7.10. The number of esters is 1. The van der Waals surface area contributed by atoms with Gasteiger partial charge in [-0.2, -0.15) is 0 Å². The SMILES string of the molecule is CN1C2CCC(OC(=O)C(O)(c3ccccc3)c3cccs3)C1CC2.Cl. The number of fused-ring (bicyclic) bond motifs is 2. The highest BCUT2D eigenvalue weighted by atomic mass is 35.5. The van der Waals surface area contributed by atoms with Crippen LogP contribution in [0.2, 0.25) is 0 Å². The van der Waals surface area contributed by atoms with Crippen molar-refractivity contribution in [3.8, 4) is 0 Å². The summed E-state index contributed by atoms with van der Waals surface area (Å²) in [6, 6.07) is 13.6. The quantitative estimate of drug-likeness (QED) is 0.807. The lowest BCUT2D eigenvalue weighted by atomic mass is 9.91. The van der Waals surface area contributed by atoms with E-state index in [2.05, 4.69) is 11.9 Å². The number of piperidine rings is 1. The molecule has 6 heteroatoms. The summed E-state index contributed by atoms with van der Waals surface area (Å²) in [4.78, 5) is 16.1. The Morgan fingerprint density at radius 3 is 2.58 bits per heavy atom. The van der Waals surface area contributed by atoms with E-state index in [4.69, 9.17) is 4.74 Å². The first kappa shape index (κ1) is 19.4. The number of aliphatic hydroxyl groups is 1. The molecule has 4 unspecified atom stereocenters. The first-order valence-corrected chi connectivity index (χ1v) is 9.73. The largest absolute Gasteiger partial charge is 0.458 e. The Morgan fingerprint density at radius 1 is 1.15 bits per heavy atom. The summed E-state index contributed by atoms with van der Waals surface area (Å²) >= 11 is 1.37. The van der Waals surface area contributed by atoms with Gasteiger partial charge in [-0.3, -0.25) is 4.90 Å². The van der Waals surface area contributed by atoms with E-state index in [1.165, 1.54) is 17.8 Å². The molecule has 0 spiro atoms. The number of ether oxygens (including phenoxy) is 1. The van der Waals surface area contributed by atoms with Crippen LogP contribution in [0.1, 0.15) is 36.1 Å². The van der Waals surface area contributed by atoms with E-state index in [-0.39, 0.29) is 24.6 Å². The molecule has 2 aliphatic rings. The van der Waals surface area contributed by atoms with Crippen LogP contribution in [0.4, 0.5) is 0 Å². The second-order valence-electron chi connectivity index (χ2n) is 7.04. The van der Waals surface area contributed by atoms with E-state index < -0.39 is 11.6 Å². The number of thiophene rings is 1. The maximum atomic E-state index is 13.1. The summed E-state index contributed by atoms with van der Waals surface area (Å²) in [7, 11) is 2.12. The summed E-state index contributed by atoms with van der Waals surface area (Å²) in [5, 5.41) is 13.3. The van der Waals surface area contributed by atoms with Crippen LogP contribution < -0.4 is 0 Å². The number of halogens is 1. The Kier molecular flexibility index (Phi) is 5.72. The lowest BCUT2D eigenvalue weighted by molar-refractivity contribution is -0.172. The van der Waals surface area contributed by atoms with Gasteiger partial charge in [0.1, 0.15) is 6.10 Å². The lowest BCUT2D eigenvalue weighted by Crippen LogP contribution is -2.49. The van der Waals surface area contributed by atoms with E-state index in [1.807, 2.05) is 29.6 Å². The minimum Gasteiger partial charge on any atom is -0.458 e. The van der Waals surface area contributed by atoms with Crippen molar-refractivity contribution in [3.05, 3.63) is 58.3 Å². The van der Waals surface area contributed by atoms with Crippen molar-refractivity contribution >= 4 is 29.7 Å². The van der Waals surface area contributed by atoms with Gasteiger partial charge in [-0.15, -0.1) is 23.7 Å². The van der Waals surface area contributed by atoms with Crippen LogP contribution in [0.15, 0.2) is 47.8 Å². The molecule has 2 aliphatic heterocycles. The van der Waals surface area contributed by atoms with Gasteiger partial charge in [-0.05, 0) is 44.2 Å². The number of hydrogen-bond acceptors (Lipinski definition) is 5. The molecule has 4 rings (SSSR count). The van der Waals surface area contributed by atoms with E-state index in [0.29, 0.717) is 16.5 Å². The molecule has 0 amide bonds. The van der Waals surface area contributed by atoms with Crippen molar-refractivity contribution in [2.45, 2.75) is 49.5 Å². The highest BCUT2D eigenvalue weighted by Crippen LogP contribution is 2.39. The summed E-state index contributed by atoms with van der Waals surface area (Å²) in [5.74, 6) is -0.565. The second kappa shape index (κ2) is 7.69. The molecule has 0 saturated carbocycles. The van der Waals surface area contributed by atoms with Gasteiger partial charge >= 0.3 is 5.97 Å². The fourth-order valence-electron chi connectivity index (χ4n) is 4.27. The topological polar surface area (TPSA) is 49.8 Å². The van der Waals surface area contributed by atoms with Gasteiger partial charge in [0.2, 0.25) is 5.60 Å². The van der Waals surface area contributed by atoms with E-state index in [0.717, 1.165) is 19.3 Å². The lowest BCUT2D eigenvalue weighted by Gasteiger charge is -2.38. The highest BCUT2D eigenvalue weighted by Gasteiger charge is 2.47. The van der Waals surface area contributed by atoms with Crippen LogP contribution in [0, 0.1) is 0 Å². The third-order valence-electron chi connectivity index (χ3n) is 5.73. The average molecular weight is 394 g/mol. The molecule has 1 aromatic carbocycles. The van der Waals surface area contributed by atoms with Gasteiger partial charge in [-0.25, -0.2) is 4.79 Å². The minimum absolute atomic E-state index is 0. The van der Waals surface area contributed by atoms with Gasteiger partial charge < -0.3 is 9.84 Å². The Hall–Kier alpha value is -1.40.